The minimum Gasteiger partial charge on any atom is -0.359 e. The van der Waals surface area contributed by atoms with Gasteiger partial charge in [0.2, 0.25) is 5.91 Å². The van der Waals surface area contributed by atoms with Crippen molar-refractivity contribution in [3.8, 4) is 11.1 Å². The molecule has 1 aliphatic heterocycles. The first kappa shape index (κ1) is 35.3. The topological polar surface area (TPSA) is 125 Å². The number of nitrogens with zero attached hydrogens (tertiary/aromatic N) is 4. The number of hydrogen-bond donors (Lipinski definition) is 1. The summed E-state index contributed by atoms with van der Waals surface area (Å²) >= 11 is 0. The second kappa shape index (κ2) is 14.6. The number of hydrogen-bond acceptors (Lipinski definition) is 7. The van der Waals surface area contributed by atoms with Crippen molar-refractivity contribution in [2.24, 2.45) is 10.9 Å². The average molecular weight is 676 g/mol. The van der Waals surface area contributed by atoms with Gasteiger partial charge in [-0.15, -0.1) is 0 Å². The van der Waals surface area contributed by atoms with Crippen LogP contribution in [0.15, 0.2) is 56.9 Å². The quantitative estimate of drug-likeness (QED) is 0.190. The van der Waals surface area contributed by atoms with E-state index < -0.39 is 15.6 Å². The van der Waals surface area contributed by atoms with Crippen LogP contribution in [0.5, 0.6) is 0 Å². The maximum absolute atomic E-state index is 13.9. The van der Waals surface area contributed by atoms with E-state index in [2.05, 4.69) is 30.6 Å². The van der Waals surface area contributed by atoms with Gasteiger partial charge < -0.3 is 9.42 Å². The number of amidine groups is 1. The van der Waals surface area contributed by atoms with Gasteiger partial charge in [-0.3, -0.25) is 24.2 Å². The van der Waals surface area contributed by atoms with Gasteiger partial charge in [-0.1, -0.05) is 81.6 Å². The first-order chi connectivity index (χ1) is 22.8. The minimum atomic E-state index is -4.07. The number of aryl methyl sites for hydroxylation is 1. The van der Waals surface area contributed by atoms with E-state index >= 15 is 0 Å². The number of benzene rings is 2. The second-order valence-electron chi connectivity index (χ2n) is 13.7. The van der Waals surface area contributed by atoms with E-state index in [9.17, 15) is 18.0 Å². The molecule has 1 saturated carbocycles. The molecule has 48 heavy (non-hydrogen) atoms. The standard InChI is InChI=1S/C37H49N5O5S/c1-7-8-15-33-38-37(20-11-12-21-37)36(44)42(33)23-28-17-18-30(29(22-28)24-41(6)34(43)19-16-25(2)3)31-13-9-10-14-32(31)48(45,46)40-35-26(4)27(5)47-39-35/h9-10,13-14,17-18,22,25H,7-8,11-12,15-16,19-21,23-24H2,1-6H3,(H,39,40). The van der Waals surface area contributed by atoms with Crippen LogP contribution in [-0.4, -0.2) is 53.6 Å². The van der Waals surface area contributed by atoms with Crippen molar-refractivity contribution in [2.75, 3.05) is 11.8 Å². The lowest BCUT2D eigenvalue weighted by atomic mass is 9.95. The van der Waals surface area contributed by atoms with Crippen LogP contribution >= 0.6 is 0 Å². The van der Waals surface area contributed by atoms with Crippen LogP contribution in [0.3, 0.4) is 0 Å². The fourth-order valence-corrected chi connectivity index (χ4v) is 7.87. The van der Waals surface area contributed by atoms with Gasteiger partial charge in [0.25, 0.3) is 15.9 Å². The summed E-state index contributed by atoms with van der Waals surface area (Å²) < 4.78 is 35.4. The Morgan fingerprint density at radius 2 is 1.83 bits per heavy atom. The summed E-state index contributed by atoms with van der Waals surface area (Å²) in [5.74, 6) is 2.03. The van der Waals surface area contributed by atoms with Gasteiger partial charge in [0.1, 0.15) is 17.1 Å². The van der Waals surface area contributed by atoms with E-state index in [1.54, 1.807) is 50.1 Å². The number of aromatic nitrogens is 1. The van der Waals surface area contributed by atoms with Gasteiger partial charge >= 0.3 is 0 Å². The van der Waals surface area contributed by atoms with Crippen LogP contribution in [0.1, 0.15) is 101 Å². The zero-order valence-electron chi connectivity index (χ0n) is 29.1. The normalized spacial score (nSPS) is 15.9. The number of aliphatic imine (C=N–C) groups is 1. The van der Waals surface area contributed by atoms with Gasteiger partial charge in [0.15, 0.2) is 5.82 Å². The van der Waals surface area contributed by atoms with Crippen molar-refractivity contribution in [2.45, 2.75) is 116 Å². The van der Waals surface area contributed by atoms with Gasteiger partial charge in [-0.25, -0.2) is 8.42 Å². The van der Waals surface area contributed by atoms with Crippen LogP contribution < -0.4 is 4.72 Å². The molecule has 258 valence electrons. The Balaban J connectivity index is 1.53. The third-order valence-electron chi connectivity index (χ3n) is 9.62. The molecule has 1 fully saturated rings. The third kappa shape index (κ3) is 7.51. The Morgan fingerprint density at radius 1 is 1.10 bits per heavy atom. The average Bonchev–Trinajstić information content (AvgIpc) is 3.73. The molecule has 0 unspecified atom stereocenters. The molecule has 0 radical (unpaired) electrons. The lowest BCUT2D eigenvalue weighted by Crippen LogP contribution is -2.40. The van der Waals surface area contributed by atoms with Crippen LogP contribution in [0.25, 0.3) is 11.1 Å². The minimum absolute atomic E-state index is 0.0198. The number of rotatable bonds is 14. The molecule has 0 saturated heterocycles. The summed E-state index contributed by atoms with van der Waals surface area (Å²) in [6.45, 7) is 10.4. The van der Waals surface area contributed by atoms with Crippen molar-refractivity contribution >= 4 is 33.5 Å². The molecule has 3 aromatic rings. The number of carbonyl (C=O) groups is 2. The molecule has 0 bridgehead atoms. The molecule has 10 nitrogen and oxygen atoms in total. The van der Waals surface area contributed by atoms with E-state index in [4.69, 9.17) is 9.52 Å². The fourth-order valence-electron chi connectivity index (χ4n) is 6.58. The Labute approximate surface area is 285 Å². The molecule has 2 aliphatic rings. The Kier molecular flexibility index (Phi) is 10.8. The van der Waals surface area contributed by atoms with E-state index in [-0.39, 0.29) is 29.1 Å². The number of unbranched alkanes of at least 4 members (excludes halogenated alkanes) is 1. The summed E-state index contributed by atoms with van der Waals surface area (Å²) in [6.07, 6.45) is 7.52. The molecule has 2 heterocycles. The van der Waals surface area contributed by atoms with Crippen molar-refractivity contribution in [1.82, 2.24) is 15.0 Å². The Hall–Kier alpha value is -3.99. The van der Waals surface area contributed by atoms with E-state index in [1.807, 2.05) is 23.1 Å². The third-order valence-corrected chi connectivity index (χ3v) is 11.0. The number of amides is 2. The summed E-state index contributed by atoms with van der Waals surface area (Å²) in [4.78, 5) is 35.8. The van der Waals surface area contributed by atoms with Gasteiger partial charge in [0, 0.05) is 37.6 Å². The van der Waals surface area contributed by atoms with E-state index in [0.29, 0.717) is 41.3 Å². The highest BCUT2D eigenvalue weighted by atomic mass is 32.2. The van der Waals surface area contributed by atoms with Crippen molar-refractivity contribution < 1.29 is 22.5 Å². The summed E-state index contributed by atoms with van der Waals surface area (Å²) in [7, 11) is -2.29. The van der Waals surface area contributed by atoms with E-state index in [0.717, 1.165) is 68.3 Å². The first-order valence-corrected chi connectivity index (χ1v) is 18.6. The number of nitrogens with one attached hydrogen (secondary N) is 1. The summed E-state index contributed by atoms with van der Waals surface area (Å²) in [6, 6.07) is 12.7. The molecule has 1 spiro atoms. The smallest absolute Gasteiger partial charge is 0.263 e. The monoisotopic (exact) mass is 675 g/mol. The lowest BCUT2D eigenvalue weighted by Gasteiger charge is -2.25. The molecule has 2 amide bonds. The highest BCUT2D eigenvalue weighted by Gasteiger charge is 2.49. The van der Waals surface area contributed by atoms with E-state index in [1.165, 1.54) is 0 Å². The zero-order chi connectivity index (χ0) is 34.6. The molecule has 5 rings (SSSR count). The van der Waals surface area contributed by atoms with Crippen molar-refractivity contribution in [1.29, 1.82) is 0 Å². The summed E-state index contributed by atoms with van der Waals surface area (Å²) in [5, 5.41) is 3.90. The highest BCUT2D eigenvalue weighted by Crippen LogP contribution is 2.40. The first-order valence-electron chi connectivity index (χ1n) is 17.2. The van der Waals surface area contributed by atoms with Crippen LogP contribution in [0.2, 0.25) is 0 Å². The largest absolute Gasteiger partial charge is 0.359 e. The Morgan fingerprint density at radius 3 is 2.50 bits per heavy atom. The maximum Gasteiger partial charge on any atom is 0.263 e. The Bertz CT molecular complexity index is 1790. The number of carbonyl (C=O) groups excluding carboxylic acids is 2. The van der Waals surface area contributed by atoms with Crippen molar-refractivity contribution in [3.63, 3.8) is 0 Å². The van der Waals surface area contributed by atoms with Gasteiger partial charge in [-0.05, 0) is 68.2 Å². The summed E-state index contributed by atoms with van der Waals surface area (Å²) in [5.41, 5.74) is 2.86. The molecular weight excluding hydrogens is 627 g/mol. The lowest BCUT2D eigenvalue weighted by molar-refractivity contribution is -0.131. The van der Waals surface area contributed by atoms with Crippen LogP contribution in [0, 0.1) is 19.8 Å². The molecule has 11 heteroatoms. The molecule has 1 N–H and O–H groups in total. The molecule has 2 aromatic carbocycles. The van der Waals surface area contributed by atoms with Gasteiger partial charge in [-0.2, -0.15) is 0 Å². The zero-order valence-corrected chi connectivity index (χ0v) is 30.0. The highest BCUT2D eigenvalue weighted by molar-refractivity contribution is 7.92. The molecule has 0 atom stereocenters. The number of anilines is 1. The predicted molar refractivity (Wildman–Crippen MR) is 188 cm³/mol. The maximum atomic E-state index is 13.9. The molecule has 1 aliphatic carbocycles. The fraction of sp³-hybridized carbons (Fsp3) is 0.514. The van der Waals surface area contributed by atoms with Crippen molar-refractivity contribution in [3.05, 3.63) is 64.9 Å². The predicted octanol–water partition coefficient (Wildman–Crippen LogP) is 7.40. The molecular formula is C37H49N5O5S. The van der Waals surface area contributed by atoms with Crippen LogP contribution in [0.4, 0.5) is 5.82 Å². The van der Waals surface area contributed by atoms with Gasteiger partial charge in [0.05, 0.1) is 11.4 Å². The SMILES string of the molecule is CCCCC1=NC2(CCCC2)C(=O)N1Cc1ccc(-c2ccccc2S(=O)(=O)Nc2noc(C)c2C)c(CN(C)C(=O)CCC(C)C)c1. The molecule has 1 aromatic heterocycles. The second-order valence-corrected chi connectivity index (χ2v) is 15.4. The van der Waals surface area contributed by atoms with Crippen LogP contribution in [-0.2, 0) is 32.7 Å². The number of sulfonamides is 1.